The molecule has 0 bridgehead atoms. The van der Waals surface area contributed by atoms with Gasteiger partial charge in [0.25, 0.3) is 5.91 Å². The van der Waals surface area contributed by atoms with Crippen LogP contribution in [0.5, 0.6) is 0 Å². The zero-order valence-electron chi connectivity index (χ0n) is 13.2. The van der Waals surface area contributed by atoms with Crippen molar-refractivity contribution < 1.29 is 22.7 Å². The summed E-state index contributed by atoms with van der Waals surface area (Å²) in [5.41, 5.74) is -0.502. The van der Waals surface area contributed by atoms with Crippen molar-refractivity contribution in [3.63, 3.8) is 0 Å². The molecule has 1 atom stereocenters. The van der Waals surface area contributed by atoms with E-state index in [1.54, 1.807) is 20.8 Å². The molecule has 0 radical (unpaired) electrons. The molecule has 1 unspecified atom stereocenters. The normalized spacial score (nSPS) is 13.3. The molecule has 23 heavy (non-hydrogen) atoms. The number of nitrogens with one attached hydrogen (secondary N) is 1. The minimum Gasteiger partial charge on any atom is -0.449 e. The van der Waals surface area contributed by atoms with E-state index in [-0.39, 0.29) is 10.5 Å². The molecule has 7 nitrogen and oxygen atoms in total. The van der Waals surface area contributed by atoms with Crippen molar-refractivity contribution in [1.82, 2.24) is 5.32 Å². The highest BCUT2D eigenvalue weighted by Crippen LogP contribution is 2.22. The number of amides is 1. The van der Waals surface area contributed by atoms with E-state index in [0.29, 0.717) is 4.47 Å². The Bertz CT molecular complexity index is 725. The van der Waals surface area contributed by atoms with E-state index < -0.39 is 33.5 Å². The lowest BCUT2D eigenvalue weighted by Crippen LogP contribution is -2.46. The van der Waals surface area contributed by atoms with Gasteiger partial charge in [-0.15, -0.1) is 0 Å². The van der Waals surface area contributed by atoms with E-state index in [0.717, 1.165) is 6.07 Å². The van der Waals surface area contributed by atoms with Crippen LogP contribution in [0.2, 0.25) is 0 Å². The van der Waals surface area contributed by atoms with Gasteiger partial charge in [-0.1, -0.05) is 0 Å². The van der Waals surface area contributed by atoms with Crippen LogP contribution in [-0.4, -0.2) is 31.9 Å². The maximum absolute atomic E-state index is 12.2. The largest absolute Gasteiger partial charge is 0.449 e. The average Bonchev–Trinajstić information content (AvgIpc) is 2.35. The van der Waals surface area contributed by atoms with Crippen LogP contribution in [0.1, 0.15) is 38.1 Å². The Labute approximate surface area is 143 Å². The Balaban J connectivity index is 2.96. The first-order valence-electron chi connectivity index (χ1n) is 6.66. The second kappa shape index (κ2) is 6.98. The summed E-state index contributed by atoms with van der Waals surface area (Å²) in [6.45, 7) is 6.82. The quantitative estimate of drug-likeness (QED) is 0.735. The van der Waals surface area contributed by atoms with Crippen LogP contribution < -0.4 is 10.5 Å². The minimum atomic E-state index is -3.95. The Morgan fingerprint density at radius 1 is 1.30 bits per heavy atom. The maximum Gasteiger partial charge on any atom is 0.340 e. The van der Waals surface area contributed by atoms with Crippen molar-refractivity contribution in [2.45, 2.75) is 44.2 Å². The lowest BCUT2D eigenvalue weighted by atomic mass is 10.1. The van der Waals surface area contributed by atoms with Crippen LogP contribution in [0.25, 0.3) is 0 Å². The van der Waals surface area contributed by atoms with Crippen LogP contribution >= 0.6 is 15.9 Å². The lowest BCUT2D eigenvalue weighted by Gasteiger charge is -2.23. The number of esters is 1. The van der Waals surface area contributed by atoms with Crippen LogP contribution in [0.15, 0.2) is 27.6 Å². The molecule has 0 spiro atoms. The number of primary sulfonamides is 1. The van der Waals surface area contributed by atoms with Gasteiger partial charge in [-0.2, -0.15) is 0 Å². The fourth-order valence-corrected chi connectivity index (χ4v) is 2.53. The fourth-order valence-electron chi connectivity index (χ4n) is 1.59. The van der Waals surface area contributed by atoms with Crippen LogP contribution in [-0.2, 0) is 19.6 Å². The summed E-state index contributed by atoms with van der Waals surface area (Å²) in [4.78, 5) is 23.9. The van der Waals surface area contributed by atoms with Gasteiger partial charge >= 0.3 is 5.97 Å². The zero-order valence-corrected chi connectivity index (χ0v) is 15.6. The Kier molecular flexibility index (Phi) is 5.95. The van der Waals surface area contributed by atoms with Gasteiger partial charge in [-0.05, 0) is 61.8 Å². The third kappa shape index (κ3) is 5.92. The molecule has 0 aliphatic rings. The molecule has 0 fully saturated rings. The van der Waals surface area contributed by atoms with Crippen molar-refractivity contribution >= 4 is 37.8 Å². The van der Waals surface area contributed by atoms with E-state index in [1.165, 1.54) is 19.1 Å². The van der Waals surface area contributed by atoms with Crippen molar-refractivity contribution in [3.05, 3.63) is 28.2 Å². The van der Waals surface area contributed by atoms with Gasteiger partial charge < -0.3 is 10.1 Å². The molecular formula is C14H19BrN2O5S. The van der Waals surface area contributed by atoms with E-state index in [2.05, 4.69) is 21.2 Å². The van der Waals surface area contributed by atoms with Gasteiger partial charge in [0.05, 0.1) is 10.5 Å². The number of nitrogens with two attached hydrogens (primary N) is 1. The number of sulfonamides is 1. The summed E-state index contributed by atoms with van der Waals surface area (Å²) in [6, 6.07) is 3.72. The van der Waals surface area contributed by atoms with Crippen molar-refractivity contribution in [1.29, 1.82) is 0 Å². The van der Waals surface area contributed by atoms with Crippen LogP contribution in [0, 0.1) is 0 Å². The molecule has 1 amide bonds. The van der Waals surface area contributed by atoms with Gasteiger partial charge in [0, 0.05) is 10.0 Å². The molecule has 1 rings (SSSR count). The number of rotatable bonds is 4. The molecule has 0 heterocycles. The van der Waals surface area contributed by atoms with Gasteiger partial charge in [-0.25, -0.2) is 18.4 Å². The average molecular weight is 407 g/mol. The highest BCUT2D eigenvalue weighted by Gasteiger charge is 2.24. The molecule has 0 aliphatic heterocycles. The predicted molar refractivity (Wildman–Crippen MR) is 88.3 cm³/mol. The van der Waals surface area contributed by atoms with E-state index >= 15 is 0 Å². The van der Waals surface area contributed by atoms with Crippen molar-refractivity contribution in [3.8, 4) is 0 Å². The van der Waals surface area contributed by atoms with E-state index in [4.69, 9.17) is 9.88 Å². The Hall–Kier alpha value is -1.45. The number of hydrogen-bond acceptors (Lipinski definition) is 5. The fraction of sp³-hybridized carbons (Fsp3) is 0.429. The SMILES string of the molecule is CC(OC(=O)c1cc(S(N)(=O)=O)ccc1Br)C(=O)NC(C)(C)C. The van der Waals surface area contributed by atoms with Crippen LogP contribution in [0.3, 0.4) is 0 Å². The van der Waals surface area contributed by atoms with Gasteiger partial charge in [0.15, 0.2) is 6.10 Å². The third-order valence-electron chi connectivity index (χ3n) is 2.64. The Morgan fingerprint density at radius 3 is 2.35 bits per heavy atom. The number of carbonyl (C=O) groups excluding carboxylic acids is 2. The molecule has 9 heteroatoms. The molecule has 1 aromatic carbocycles. The number of ether oxygens (including phenoxy) is 1. The number of hydrogen-bond donors (Lipinski definition) is 2. The minimum absolute atomic E-state index is 0.0352. The molecular weight excluding hydrogens is 388 g/mol. The lowest BCUT2D eigenvalue weighted by molar-refractivity contribution is -0.130. The second-order valence-electron chi connectivity index (χ2n) is 5.97. The Morgan fingerprint density at radius 2 is 1.87 bits per heavy atom. The van der Waals surface area contributed by atoms with E-state index in [1.807, 2.05) is 0 Å². The first-order valence-corrected chi connectivity index (χ1v) is 9.00. The number of carbonyl (C=O) groups is 2. The standard InChI is InChI=1S/C14H19BrN2O5S/c1-8(12(18)17-14(2,3)4)22-13(19)10-7-9(23(16,20)21)5-6-11(10)15/h5-8H,1-4H3,(H,17,18)(H2,16,20,21). The smallest absolute Gasteiger partial charge is 0.340 e. The summed E-state index contributed by atoms with van der Waals surface area (Å²) in [5.74, 6) is -1.29. The van der Waals surface area contributed by atoms with Gasteiger partial charge in [0.2, 0.25) is 10.0 Å². The third-order valence-corrected chi connectivity index (χ3v) is 4.24. The van der Waals surface area contributed by atoms with Crippen molar-refractivity contribution in [2.75, 3.05) is 0 Å². The maximum atomic E-state index is 12.2. The number of halogens is 1. The van der Waals surface area contributed by atoms with Crippen molar-refractivity contribution in [2.24, 2.45) is 5.14 Å². The molecule has 1 aromatic rings. The molecule has 128 valence electrons. The highest BCUT2D eigenvalue weighted by molar-refractivity contribution is 9.10. The second-order valence-corrected chi connectivity index (χ2v) is 8.39. The van der Waals surface area contributed by atoms with E-state index in [9.17, 15) is 18.0 Å². The summed E-state index contributed by atoms with van der Waals surface area (Å²) >= 11 is 3.14. The van der Waals surface area contributed by atoms with Gasteiger partial charge in [-0.3, -0.25) is 4.79 Å². The summed E-state index contributed by atoms with van der Waals surface area (Å²) in [5, 5.41) is 7.72. The molecule has 0 aliphatic carbocycles. The topological polar surface area (TPSA) is 116 Å². The predicted octanol–water partition coefficient (Wildman–Crippen LogP) is 1.56. The number of benzene rings is 1. The van der Waals surface area contributed by atoms with Crippen LogP contribution in [0.4, 0.5) is 0 Å². The first-order chi connectivity index (χ1) is 10.3. The zero-order chi connectivity index (χ0) is 18.0. The summed E-state index contributed by atoms with van der Waals surface area (Å²) in [7, 11) is -3.95. The molecule has 0 saturated carbocycles. The first kappa shape index (κ1) is 19.6. The highest BCUT2D eigenvalue weighted by atomic mass is 79.9. The molecule has 3 N–H and O–H groups in total. The van der Waals surface area contributed by atoms with Gasteiger partial charge in [0.1, 0.15) is 0 Å². The molecule has 0 aromatic heterocycles. The summed E-state index contributed by atoms with van der Waals surface area (Å²) < 4.78 is 28.1. The summed E-state index contributed by atoms with van der Waals surface area (Å²) in [6.07, 6.45) is -1.04. The monoisotopic (exact) mass is 406 g/mol. The molecule has 0 saturated heterocycles.